The van der Waals surface area contributed by atoms with Gasteiger partial charge in [-0.05, 0) is 76.9 Å². The van der Waals surface area contributed by atoms with Gasteiger partial charge < -0.3 is 9.80 Å². The summed E-state index contributed by atoms with van der Waals surface area (Å²) in [6.07, 6.45) is 0.942. The van der Waals surface area contributed by atoms with Gasteiger partial charge in [-0.1, -0.05) is 72.8 Å². The van der Waals surface area contributed by atoms with Gasteiger partial charge in [-0.3, -0.25) is 0 Å². The van der Waals surface area contributed by atoms with Crippen molar-refractivity contribution in [3.63, 3.8) is 0 Å². The van der Waals surface area contributed by atoms with Gasteiger partial charge in [0.05, 0.1) is 0 Å². The van der Waals surface area contributed by atoms with Crippen molar-refractivity contribution in [3.05, 3.63) is 139 Å². The van der Waals surface area contributed by atoms with Crippen LogP contribution in [0.5, 0.6) is 0 Å². The molecule has 2 nitrogen and oxygen atoms in total. The second-order valence-electron chi connectivity index (χ2n) is 8.76. The molecule has 164 valence electrons. The van der Waals surface area contributed by atoms with E-state index >= 15 is 0 Å². The average Bonchev–Trinajstić information content (AvgIpc) is 2.92. The Hall–Kier alpha value is -4.30. The SMILES string of the molecule is CN(c1ccccc1)c1ccc(-c2ccc3c(c2)Cc2ccccc2N3c2ccccc2)cc1. The molecule has 0 fully saturated rings. The average molecular weight is 439 g/mol. The molecule has 0 spiro atoms. The van der Waals surface area contributed by atoms with E-state index in [4.69, 9.17) is 0 Å². The van der Waals surface area contributed by atoms with Crippen LogP contribution in [0, 0.1) is 0 Å². The number of anilines is 5. The van der Waals surface area contributed by atoms with E-state index in [1.165, 1.54) is 50.7 Å². The highest BCUT2D eigenvalue weighted by Gasteiger charge is 2.24. The summed E-state index contributed by atoms with van der Waals surface area (Å²) in [4.78, 5) is 4.60. The van der Waals surface area contributed by atoms with Gasteiger partial charge in [0.15, 0.2) is 0 Å². The lowest BCUT2D eigenvalue weighted by atomic mass is 9.92. The summed E-state index contributed by atoms with van der Waals surface area (Å²) in [5.74, 6) is 0. The topological polar surface area (TPSA) is 6.48 Å². The zero-order valence-corrected chi connectivity index (χ0v) is 19.2. The predicted octanol–water partition coefficient (Wildman–Crippen LogP) is 8.50. The highest BCUT2D eigenvalue weighted by molar-refractivity contribution is 5.85. The van der Waals surface area contributed by atoms with E-state index in [0.717, 1.165) is 6.42 Å². The summed E-state index contributed by atoms with van der Waals surface area (Å²) < 4.78 is 0. The quantitative estimate of drug-likeness (QED) is 0.272. The Morgan fingerprint density at radius 2 is 1.12 bits per heavy atom. The van der Waals surface area contributed by atoms with Crippen LogP contribution >= 0.6 is 0 Å². The smallest absolute Gasteiger partial charge is 0.0497 e. The summed E-state index contributed by atoms with van der Waals surface area (Å²) in [5.41, 5.74) is 11.3. The zero-order chi connectivity index (χ0) is 22.9. The van der Waals surface area contributed by atoms with Crippen molar-refractivity contribution in [2.75, 3.05) is 16.8 Å². The van der Waals surface area contributed by atoms with Crippen LogP contribution in [0.3, 0.4) is 0 Å². The minimum Gasteiger partial charge on any atom is -0.345 e. The molecule has 0 amide bonds. The van der Waals surface area contributed by atoms with E-state index in [1.807, 2.05) is 6.07 Å². The zero-order valence-electron chi connectivity index (χ0n) is 19.2. The molecule has 0 saturated carbocycles. The number of hydrogen-bond acceptors (Lipinski definition) is 2. The maximum Gasteiger partial charge on any atom is 0.0497 e. The normalized spacial score (nSPS) is 12.1. The van der Waals surface area contributed by atoms with Gasteiger partial charge in [0, 0.05) is 41.9 Å². The lowest BCUT2D eigenvalue weighted by molar-refractivity contribution is 1.09. The van der Waals surface area contributed by atoms with E-state index in [0.29, 0.717) is 0 Å². The number of benzene rings is 5. The first kappa shape index (κ1) is 20.3. The van der Waals surface area contributed by atoms with E-state index in [2.05, 4.69) is 138 Å². The standard InChI is InChI=1S/C32H26N2/c1-33(28-11-4-2-5-12-28)29-19-16-24(17-20-29)25-18-21-32-27(22-25)23-26-10-8-9-15-31(26)34(32)30-13-6-3-7-14-30/h2-22H,23H2,1H3. The fourth-order valence-corrected chi connectivity index (χ4v) is 4.87. The molecule has 0 saturated heterocycles. The third kappa shape index (κ3) is 3.64. The maximum absolute atomic E-state index is 2.38. The summed E-state index contributed by atoms with van der Waals surface area (Å²) in [6.45, 7) is 0. The maximum atomic E-state index is 2.38. The first-order valence-corrected chi connectivity index (χ1v) is 11.7. The predicted molar refractivity (Wildman–Crippen MR) is 144 cm³/mol. The molecule has 34 heavy (non-hydrogen) atoms. The minimum absolute atomic E-state index is 0.942. The molecule has 5 aromatic carbocycles. The van der Waals surface area contributed by atoms with Crippen LogP contribution in [0.4, 0.5) is 28.4 Å². The lowest BCUT2D eigenvalue weighted by Gasteiger charge is -2.33. The Labute approximate surface area is 201 Å². The fraction of sp³-hybridized carbons (Fsp3) is 0.0625. The first-order chi connectivity index (χ1) is 16.8. The highest BCUT2D eigenvalue weighted by atomic mass is 15.2. The highest BCUT2D eigenvalue weighted by Crippen LogP contribution is 2.44. The van der Waals surface area contributed by atoms with Crippen LogP contribution in [0.1, 0.15) is 11.1 Å². The van der Waals surface area contributed by atoms with Crippen molar-refractivity contribution in [1.82, 2.24) is 0 Å². The van der Waals surface area contributed by atoms with Crippen LogP contribution in [-0.2, 0) is 6.42 Å². The van der Waals surface area contributed by atoms with Gasteiger partial charge in [0.25, 0.3) is 0 Å². The Balaban J connectivity index is 1.36. The van der Waals surface area contributed by atoms with Crippen LogP contribution in [0.2, 0.25) is 0 Å². The van der Waals surface area contributed by atoms with Crippen molar-refractivity contribution in [2.24, 2.45) is 0 Å². The summed E-state index contributed by atoms with van der Waals surface area (Å²) in [7, 11) is 2.11. The minimum atomic E-state index is 0.942. The Kier molecular flexibility index (Phi) is 5.12. The Bertz CT molecular complexity index is 1420. The van der Waals surface area contributed by atoms with E-state index in [9.17, 15) is 0 Å². The molecule has 0 aromatic heterocycles. The molecular weight excluding hydrogens is 412 g/mol. The fourth-order valence-electron chi connectivity index (χ4n) is 4.87. The van der Waals surface area contributed by atoms with Crippen LogP contribution in [-0.4, -0.2) is 7.05 Å². The van der Waals surface area contributed by atoms with Gasteiger partial charge in [-0.2, -0.15) is 0 Å². The number of nitrogens with zero attached hydrogens (tertiary/aromatic N) is 2. The van der Waals surface area contributed by atoms with Crippen molar-refractivity contribution in [3.8, 4) is 11.1 Å². The van der Waals surface area contributed by atoms with Crippen LogP contribution in [0.25, 0.3) is 11.1 Å². The van der Waals surface area contributed by atoms with Crippen molar-refractivity contribution in [1.29, 1.82) is 0 Å². The van der Waals surface area contributed by atoms with Crippen molar-refractivity contribution >= 4 is 28.4 Å². The summed E-state index contributed by atoms with van der Waals surface area (Å²) >= 11 is 0. The molecule has 1 aliphatic rings. The van der Waals surface area contributed by atoms with Gasteiger partial charge in [-0.25, -0.2) is 0 Å². The molecule has 0 aliphatic carbocycles. The number of fused-ring (bicyclic) bond motifs is 2. The molecule has 1 aliphatic heterocycles. The summed E-state index contributed by atoms with van der Waals surface area (Å²) in [6, 6.07) is 45.6. The lowest BCUT2D eigenvalue weighted by Crippen LogP contribution is -2.18. The number of hydrogen-bond donors (Lipinski definition) is 0. The molecular formula is C32H26N2. The van der Waals surface area contributed by atoms with Crippen LogP contribution in [0.15, 0.2) is 127 Å². The molecule has 0 unspecified atom stereocenters. The van der Waals surface area contributed by atoms with E-state index in [1.54, 1.807) is 0 Å². The van der Waals surface area contributed by atoms with Crippen LogP contribution < -0.4 is 9.80 Å². The Morgan fingerprint density at radius 3 is 1.88 bits per heavy atom. The third-order valence-corrected chi connectivity index (χ3v) is 6.68. The van der Waals surface area contributed by atoms with Gasteiger partial charge in [-0.15, -0.1) is 0 Å². The molecule has 0 bridgehead atoms. The van der Waals surface area contributed by atoms with Gasteiger partial charge in [0.2, 0.25) is 0 Å². The second-order valence-corrected chi connectivity index (χ2v) is 8.76. The molecule has 5 aromatic rings. The van der Waals surface area contributed by atoms with Crippen molar-refractivity contribution < 1.29 is 0 Å². The Morgan fingerprint density at radius 1 is 0.529 bits per heavy atom. The molecule has 6 rings (SSSR count). The number of para-hydroxylation sites is 3. The molecule has 1 heterocycles. The van der Waals surface area contributed by atoms with E-state index < -0.39 is 0 Å². The largest absolute Gasteiger partial charge is 0.345 e. The number of rotatable bonds is 4. The molecule has 0 atom stereocenters. The second kappa shape index (κ2) is 8.57. The van der Waals surface area contributed by atoms with Crippen molar-refractivity contribution in [2.45, 2.75) is 6.42 Å². The van der Waals surface area contributed by atoms with Gasteiger partial charge >= 0.3 is 0 Å². The molecule has 2 heteroatoms. The molecule has 0 radical (unpaired) electrons. The van der Waals surface area contributed by atoms with E-state index in [-0.39, 0.29) is 0 Å². The third-order valence-electron chi connectivity index (χ3n) is 6.68. The molecule has 0 N–H and O–H groups in total. The monoisotopic (exact) mass is 438 g/mol. The van der Waals surface area contributed by atoms with Gasteiger partial charge in [0.1, 0.15) is 0 Å². The summed E-state index contributed by atoms with van der Waals surface area (Å²) in [5, 5.41) is 0. The first-order valence-electron chi connectivity index (χ1n) is 11.7.